The number of aromatic amines is 1. The number of rotatable bonds is 3. The first kappa shape index (κ1) is 15.4. The SMILES string of the molecule is O=C(c1cccc(F)c1)N1CCN(Cc2ccc(=O)[nH]c2)CC1. The number of benzene rings is 1. The van der Waals surface area contributed by atoms with E-state index in [4.69, 9.17) is 0 Å². The Balaban J connectivity index is 1.56. The monoisotopic (exact) mass is 315 g/mol. The first-order valence-electron chi connectivity index (χ1n) is 7.56. The molecular weight excluding hydrogens is 297 g/mol. The molecule has 1 aliphatic rings. The van der Waals surface area contributed by atoms with Gasteiger partial charge in [0, 0.05) is 50.6 Å². The fraction of sp³-hybridized carbons (Fsp3) is 0.294. The van der Waals surface area contributed by atoms with E-state index in [1.807, 2.05) is 6.07 Å². The molecule has 0 saturated carbocycles. The van der Waals surface area contributed by atoms with Gasteiger partial charge < -0.3 is 9.88 Å². The second kappa shape index (κ2) is 6.75. The summed E-state index contributed by atoms with van der Waals surface area (Å²) in [6.45, 7) is 3.45. The second-order valence-corrected chi connectivity index (χ2v) is 5.64. The summed E-state index contributed by atoms with van der Waals surface area (Å²) in [6, 6.07) is 9.11. The van der Waals surface area contributed by atoms with Crippen LogP contribution in [0.1, 0.15) is 15.9 Å². The lowest BCUT2D eigenvalue weighted by atomic mass is 10.1. The number of hydrogen-bond donors (Lipinski definition) is 1. The van der Waals surface area contributed by atoms with Crippen LogP contribution in [0.15, 0.2) is 47.4 Å². The van der Waals surface area contributed by atoms with Gasteiger partial charge in [0.05, 0.1) is 0 Å². The molecule has 0 unspecified atom stereocenters. The van der Waals surface area contributed by atoms with E-state index in [0.29, 0.717) is 18.7 Å². The molecule has 3 rings (SSSR count). The summed E-state index contributed by atoms with van der Waals surface area (Å²) in [6.07, 6.45) is 1.71. The van der Waals surface area contributed by atoms with Crippen LogP contribution in [0.4, 0.5) is 4.39 Å². The van der Waals surface area contributed by atoms with Crippen LogP contribution in [-0.2, 0) is 6.54 Å². The van der Waals surface area contributed by atoms with Crippen molar-refractivity contribution in [1.29, 1.82) is 0 Å². The topological polar surface area (TPSA) is 56.4 Å². The lowest BCUT2D eigenvalue weighted by Gasteiger charge is -2.34. The first-order valence-corrected chi connectivity index (χ1v) is 7.56. The number of H-pyrrole nitrogens is 1. The van der Waals surface area contributed by atoms with Gasteiger partial charge in [0.25, 0.3) is 5.91 Å². The summed E-state index contributed by atoms with van der Waals surface area (Å²) < 4.78 is 13.2. The number of aromatic nitrogens is 1. The molecule has 1 saturated heterocycles. The van der Waals surface area contributed by atoms with E-state index in [1.165, 1.54) is 18.2 Å². The minimum absolute atomic E-state index is 0.112. The van der Waals surface area contributed by atoms with Crippen molar-refractivity contribution in [2.75, 3.05) is 26.2 Å². The summed E-state index contributed by atoms with van der Waals surface area (Å²) in [5.41, 5.74) is 1.31. The van der Waals surface area contributed by atoms with Crippen LogP contribution in [0.2, 0.25) is 0 Å². The maximum absolute atomic E-state index is 13.2. The van der Waals surface area contributed by atoms with Crippen molar-refractivity contribution >= 4 is 5.91 Å². The highest BCUT2D eigenvalue weighted by Crippen LogP contribution is 2.12. The van der Waals surface area contributed by atoms with Gasteiger partial charge in [-0.2, -0.15) is 0 Å². The number of amides is 1. The molecule has 1 aliphatic heterocycles. The zero-order valence-electron chi connectivity index (χ0n) is 12.7. The number of carbonyl (C=O) groups is 1. The van der Waals surface area contributed by atoms with Crippen molar-refractivity contribution in [3.8, 4) is 0 Å². The highest BCUT2D eigenvalue weighted by atomic mass is 19.1. The predicted molar refractivity (Wildman–Crippen MR) is 84.6 cm³/mol. The highest BCUT2D eigenvalue weighted by molar-refractivity contribution is 5.94. The minimum Gasteiger partial charge on any atom is -0.336 e. The van der Waals surface area contributed by atoms with Crippen molar-refractivity contribution in [3.63, 3.8) is 0 Å². The van der Waals surface area contributed by atoms with Crippen LogP contribution < -0.4 is 5.56 Å². The van der Waals surface area contributed by atoms with Gasteiger partial charge in [-0.1, -0.05) is 12.1 Å². The van der Waals surface area contributed by atoms with Crippen LogP contribution in [0.3, 0.4) is 0 Å². The lowest BCUT2D eigenvalue weighted by molar-refractivity contribution is 0.0628. The normalized spacial score (nSPS) is 15.6. The van der Waals surface area contributed by atoms with Gasteiger partial charge in [-0.3, -0.25) is 14.5 Å². The molecule has 6 heteroatoms. The van der Waals surface area contributed by atoms with Crippen molar-refractivity contribution in [1.82, 2.24) is 14.8 Å². The quantitative estimate of drug-likeness (QED) is 0.933. The third-order valence-corrected chi connectivity index (χ3v) is 3.99. The molecule has 1 aromatic carbocycles. The summed E-state index contributed by atoms with van der Waals surface area (Å²) in [7, 11) is 0. The number of halogens is 1. The summed E-state index contributed by atoms with van der Waals surface area (Å²) in [5, 5.41) is 0. The smallest absolute Gasteiger partial charge is 0.254 e. The van der Waals surface area contributed by atoms with E-state index in [2.05, 4.69) is 9.88 Å². The maximum atomic E-state index is 13.2. The number of hydrogen-bond acceptors (Lipinski definition) is 3. The molecule has 1 fully saturated rings. The van der Waals surface area contributed by atoms with Crippen LogP contribution in [-0.4, -0.2) is 46.9 Å². The Morgan fingerprint density at radius 1 is 1.13 bits per heavy atom. The fourth-order valence-electron chi connectivity index (χ4n) is 2.71. The Bertz CT molecular complexity index is 731. The van der Waals surface area contributed by atoms with E-state index in [9.17, 15) is 14.0 Å². The van der Waals surface area contributed by atoms with Gasteiger partial charge in [-0.05, 0) is 23.8 Å². The summed E-state index contributed by atoms with van der Waals surface area (Å²) >= 11 is 0. The molecule has 1 aromatic heterocycles. The Morgan fingerprint density at radius 2 is 1.91 bits per heavy atom. The number of pyridine rings is 1. The molecule has 0 spiro atoms. The fourth-order valence-corrected chi connectivity index (χ4v) is 2.71. The van der Waals surface area contributed by atoms with E-state index >= 15 is 0 Å². The minimum atomic E-state index is -0.396. The number of nitrogens with zero attached hydrogens (tertiary/aromatic N) is 2. The average Bonchev–Trinajstić information content (AvgIpc) is 2.57. The maximum Gasteiger partial charge on any atom is 0.254 e. The molecular formula is C17H18FN3O2. The molecule has 0 bridgehead atoms. The Labute approximate surface area is 133 Å². The molecule has 1 amide bonds. The van der Waals surface area contributed by atoms with Gasteiger partial charge in [0.2, 0.25) is 5.56 Å². The molecule has 5 nitrogen and oxygen atoms in total. The van der Waals surface area contributed by atoms with Crippen LogP contribution >= 0.6 is 0 Å². The Hall–Kier alpha value is -2.47. The number of nitrogens with one attached hydrogen (secondary N) is 1. The van der Waals surface area contributed by atoms with Gasteiger partial charge in [0.1, 0.15) is 5.82 Å². The molecule has 0 aliphatic carbocycles. The van der Waals surface area contributed by atoms with Gasteiger partial charge in [-0.15, -0.1) is 0 Å². The molecule has 0 radical (unpaired) electrons. The molecule has 2 aromatic rings. The standard InChI is InChI=1S/C17H18FN3O2/c18-15-3-1-2-14(10-15)17(23)21-8-6-20(7-9-21)12-13-4-5-16(22)19-11-13/h1-5,10-11H,6-9,12H2,(H,19,22). The van der Waals surface area contributed by atoms with Crippen molar-refractivity contribution < 1.29 is 9.18 Å². The third-order valence-electron chi connectivity index (χ3n) is 3.99. The molecule has 0 atom stereocenters. The van der Waals surface area contributed by atoms with Crippen molar-refractivity contribution in [2.24, 2.45) is 0 Å². The largest absolute Gasteiger partial charge is 0.336 e. The lowest BCUT2D eigenvalue weighted by Crippen LogP contribution is -2.48. The molecule has 23 heavy (non-hydrogen) atoms. The molecule has 2 heterocycles. The summed E-state index contributed by atoms with van der Waals surface area (Å²) in [4.78, 5) is 30.0. The zero-order chi connectivity index (χ0) is 16.2. The van der Waals surface area contributed by atoms with E-state index in [1.54, 1.807) is 23.2 Å². The Kier molecular flexibility index (Phi) is 4.52. The van der Waals surface area contributed by atoms with E-state index < -0.39 is 5.82 Å². The van der Waals surface area contributed by atoms with Crippen molar-refractivity contribution in [2.45, 2.75) is 6.54 Å². The van der Waals surface area contributed by atoms with E-state index in [-0.39, 0.29) is 11.5 Å². The first-order chi connectivity index (χ1) is 11.1. The van der Waals surface area contributed by atoms with Crippen LogP contribution in [0, 0.1) is 5.82 Å². The van der Waals surface area contributed by atoms with E-state index in [0.717, 1.165) is 25.2 Å². The van der Waals surface area contributed by atoms with Crippen LogP contribution in [0.5, 0.6) is 0 Å². The van der Waals surface area contributed by atoms with Crippen molar-refractivity contribution in [3.05, 3.63) is 69.9 Å². The van der Waals surface area contributed by atoms with Crippen LogP contribution in [0.25, 0.3) is 0 Å². The molecule has 1 N–H and O–H groups in total. The van der Waals surface area contributed by atoms with Gasteiger partial charge >= 0.3 is 0 Å². The zero-order valence-corrected chi connectivity index (χ0v) is 12.7. The third kappa shape index (κ3) is 3.84. The molecule has 120 valence electrons. The number of piperazine rings is 1. The second-order valence-electron chi connectivity index (χ2n) is 5.64. The Morgan fingerprint density at radius 3 is 2.57 bits per heavy atom. The average molecular weight is 315 g/mol. The predicted octanol–water partition coefficient (Wildman–Crippen LogP) is 1.47. The van der Waals surface area contributed by atoms with Gasteiger partial charge in [0.15, 0.2) is 0 Å². The number of carbonyl (C=O) groups excluding carboxylic acids is 1. The highest BCUT2D eigenvalue weighted by Gasteiger charge is 2.22. The van der Waals surface area contributed by atoms with Gasteiger partial charge in [-0.25, -0.2) is 4.39 Å². The summed E-state index contributed by atoms with van der Waals surface area (Å²) in [5.74, 6) is -0.527.